The van der Waals surface area contributed by atoms with E-state index in [0.29, 0.717) is 11.6 Å². The Morgan fingerprint density at radius 2 is 2.04 bits per heavy atom. The van der Waals surface area contributed by atoms with Crippen molar-refractivity contribution in [2.45, 2.75) is 18.9 Å². The summed E-state index contributed by atoms with van der Waals surface area (Å²) in [5, 5.41) is 4.06. The van der Waals surface area contributed by atoms with E-state index in [0.717, 1.165) is 24.2 Å². The van der Waals surface area contributed by atoms with Crippen molar-refractivity contribution in [3.8, 4) is 0 Å². The molecule has 2 atom stereocenters. The van der Waals surface area contributed by atoms with Crippen LogP contribution in [0.4, 0.5) is 0 Å². The molecule has 1 aromatic carbocycles. The Morgan fingerprint density at radius 3 is 2.72 bits per heavy atom. The fourth-order valence-corrected chi connectivity index (χ4v) is 3.28. The van der Waals surface area contributed by atoms with Gasteiger partial charge in [0.25, 0.3) is 0 Å². The van der Waals surface area contributed by atoms with Gasteiger partial charge in [-0.2, -0.15) is 0 Å². The van der Waals surface area contributed by atoms with Crippen molar-refractivity contribution >= 4 is 42.3 Å². The maximum absolute atomic E-state index is 13.0. The molecule has 0 saturated carbocycles. The maximum Gasteiger partial charge on any atom is 0.230 e. The van der Waals surface area contributed by atoms with E-state index in [1.54, 1.807) is 12.4 Å². The second-order valence-electron chi connectivity index (χ2n) is 5.78. The molecule has 1 aliphatic rings. The molecule has 1 saturated heterocycles. The quantitative estimate of drug-likeness (QED) is 0.848. The molecule has 136 valence electrons. The zero-order chi connectivity index (χ0) is 16.2. The van der Waals surface area contributed by atoms with Gasteiger partial charge in [0.1, 0.15) is 0 Å². The molecule has 0 radical (unpaired) electrons. The fourth-order valence-electron chi connectivity index (χ4n) is 3.01. The zero-order valence-corrected chi connectivity index (χ0v) is 16.3. The van der Waals surface area contributed by atoms with Gasteiger partial charge in [0.15, 0.2) is 0 Å². The Morgan fingerprint density at radius 1 is 1.28 bits per heavy atom. The van der Waals surface area contributed by atoms with Gasteiger partial charge in [0, 0.05) is 37.1 Å². The number of aromatic nitrogens is 1. The van der Waals surface area contributed by atoms with Crippen molar-refractivity contribution in [1.82, 2.24) is 15.2 Å². The van der Waals surface area contributed by atoms with Crippen LogP contribution >= 0.6 is 36.4 Å². The van der Waals surface area contributed by atoms with Crippen LogP contribution in [0.3, 0.4) is 0 Å². The van der Waals surface area contributed by atoms with Gasteiger partial charge in [-0.05, 0) is 30.2 Å². The lowest BCUT2D eigenvalue weighted by Gasteiger charge is -2.38. The SMILES string of the molecule is CC(C(=O)N1CCNCC1c1ccccc1Cl)c1cccnc1.Cl.Cl. The van der Waals surface area contributed by atoms with Gasteiger partial charge >= 0.3 is 0 Å². The molecule has 0 spiro atoms. The first-order valence-electron chi connectivity index (χ1n) is 7.84. The van der Waals surface area contributed by atoms with Gasteiger partial charge in [-0.25, -0.2) is 0 Å². The summed E-state index contributed by atoms with van der Waals surface area (Å²) in [6.45, 7) is 4.13. The van der Waals surface area contributed by atoms with Crippen molar-refractivity contribution in [3.63, 3.8) is 0 Å². The zero-order valence-electron chi connectivity index (χ0n) is 13.9. The number of pyridine rings is 1. The Kier molecular flexibility index (Phi) is 8.66. The summed E-state index contributed by atoms with van der Waals surface area (Å²) in [5.41, 5.74) is 1.93. The molecule has 1 aromatic heterocycles. The minimum Gasteiger partial charge on any atom is -0.333 e. The monoisotopic (exact) mass is 401 g/mol. The summed E-state index contributed by atoms with van der Waals surface area (Å²) < 4.78 is 0. The summed E-state index contributed by atoms with van der Waals surface area (Å²) in [6.07, 6.45) is 3.48. The number of halogens is 3. The van der Waals surface area contributed by atoms with E-state index in [4.69, 9.17) is 11.6 Å². The Balaban J connectivity index is 0.00000156. The molecule has 2 unspecified atom stereocenters. The molecule has 3 rings (SSSR count). The van der Waals surface area contributed by atoms with E-state index < -0.39 is 0 Å². The lowest BCUT2D eigenvalue weighted by molar-refractivity contribution is -0.135. The molecule has 0 bridgehead atoms. The predicted molar refractivity (Wildman–Crippen MR) is 106 cm³/mol. The average molecular weight is 403 g/mol. The molecule has 1 N–H and O–H groups in total. The lowest BCUT2D eigenvalue weighted by Crippen LogP contribution is -2.49. The molecular formula is C18H22Cl3N3O. The number of hydrogen-bond acceptors (Lipinski definition) is 3. The number of amides is 1. The molecule has 2 heterocycles. The summed E-state index contributed by atoms with van der Waals surface area (Å²) in [7, 11) is 0. The average Bonchev–Trinajstić information content (AvgIpc) is 2.62. The number of rotatable bonds is 3. The Labute approximate surface area is 165 Å². The van der Waals surface area contributed by atoms with Crippen molar-refractivity contribution in [3.05, 3.63) is 64.9 Å². The fraction of sp³-hybridized carbons (Fsp3) is 0.333. The van der Waals surface area contributed by atoms with Gasteiger partial charge in [-0.1, -0.05) is 35.9 Å². The summed E-state index contributed by atoms with van der Waals surface area (Å²) in [6, 6.07) is 11.5. The van der Waals surface area contributed by atoms with Gasteiger partial charge in [-0.3, -0.25) is 9.78 Å². The van der Waals surface area contributed by atoms with E-state index in [1.165, 1.54) is 0 Å². The summed E-state index contributed by atoms with van der Waals surface area (Å²) in [5.74, 6) is -0.101. The van der Waals surface area contributed by atoms with Crippen LogP contribution in [-0.2, 0) is 4.79 Å². The largest absolute Gasteiger partial charge is 0.333 e. The lowest BCUT2D eigenvalue weighted by atomic mass is 9.97. The molecule has 0 aliphatic carbocycles. The smallest absolute Gasteiger partial charge is 0.230 e. The van der Waals surface area contributed by atoms with Crippen LogP contribution in [0.5, 0.6) is 0 Å². The topological polar surface area (TPSA) is 45.2 Å². The normalized spacial score (nSPS) is 17.8. The van der Waals surface area contributed by atoms with Crippen LogP contribution < -0.4 is 5.32 Å². The van der Waals surface area contributed by atoms with Gasteiger partial charge in [0.05, 0.1) is 12.0 Å². The van der Waals surface area contributed by atoms with E-state index in [9.17, 15) is 4.79 Å². The van der Waals surface area contributed by atoms with Crippen molar-refractivity contribution in [1.29, 1.82) is 0 Å². The third kappa shape index (κ3) is 4.85. The number of carbonyl (C=O) groups is 1. The number of benzene rings is 1. The molecule has 4 nitrogen and oxygen atoms in total. The highest BCUT2D eigenvalue weighted by Gasteiger charge is 2.32. The van der Waals surface area contributed by atoms with Crippen molar-refractivity contribution in [2.24, 2.45) is 0 Å². The molecule has 1 amide bonds. The van der Waals surface area contributed by atoms with Crippen LogP contribution in [0.2, 0.25) is 5.02 Å². The molecule has 25 heavy (non-hydrogen) atoms. The van der Waals surface area contributed by atoms with E-state index in [1.807, 2.05) is 48.2 Å². The third-order valence-electron chi connectivity index (χ3n) is 4.35. The third-order valence-corrected chi connectivity index (χ3v) is 4.69. The molecular weight excluding hydrogens is 381 g/mol. The first-order valence-corrected chi connectivity index (χ1v) is 8.22. The number of piperazine rings is 1. The number of nitrogens with zero attached hydrogens (tertiary/aromatic N) is 2. The molecule has 2 aromatic rings. The van der Waals surface area contributed by atoms with E-state index >= 15 is 0 Å². The second kappa shape index (κ2) is 9.97. The standard InChI is InChI=1S/C18H20ClN3O.2ClH/c1-13(14-5-4-8-20-11-14)18(23)22-10-9-21-12-17(22)15-6-2-3-7-16(15)19;;/h2-8,11,13,17,21H,9-10,12H2,1H3;2*1H. The van der Waals surface area contributed by atoms with E-state index in [-0.39, 0.29) is 42.7 Å². The van der Waals surface area contributed by atoms with Crippen LogP contribution in [0.15, 0.2) is 48.8 Å². The Hall–Kier alpha value is -1.33. The highest BCUT2D eigenvalue weighted by molar-refractivity contribution is 6.31. The first kappa shape index (κ1) is 21.7. The van der Waals surface area contributed by atoms with Gasteiger partial charge < -0.3 is 10.2 Å². The second-order valence-corrected chi connectivity index (χ2v) is 6.19. The predicted octanol–water partition coefficient (Wildman–Crippen LogP) is 3.86. The number of carbonyl (C=O) groups excluding carboxylic acids is 1. The van der Waals surface area contributed by atoms with Crippen LogP contribution in [0.25, 0.3) is 0 Å². The minimum atomic E-state index is -0.216. The molecule has 1 aliphatic heterocycles. The summed E-state index contributed by atoms with van der Waals surface area (Å²) in [4.78, 5) is 19.1. The van der Waals surface area contributed by atoms with Gasteiger partial charge in [-0.15, -0.1) is 24.8 Å². The van der Waals surface area contributed by atoms with Crippen LogP contribution in [-0.4, -0.2) is 35.4 Å². The van der Waals surface area contributed by atoms with Crippen molar-refractivity contribution < 1.29 is 4.79 Å². The molecule has 7 heteroatoms. The molecule has 1 fully saturated rings. The van der Waals surface area contributed by atoms with Crippen LogP contribution in [0.1, 0.15) is 30.0 Å². The Bertz CT molecular complexity index is 684. The van der Waals surface area contributed by atoms with Gasteiger partial charge in [0.2, 0.25) is 5.91 Å². The van der Waals surface area contributed by atoms with E-state index in [2.05, 4.69) is 10.3 Å². The highest BCUT2D eigenvalue weighted by Crippen LogP contribution is 2.31. The number of nitrogens with one attached hydrogen (secondary N) is 1. The number of hydrogen-bond donors (Lipinski definition) is 1. The van der Waals surface area contributed by atoms with Crippen molar-refractivity contribution in [2.75, 3.05) is 19.6 Å². The highest BCUT2D eigenvalue weighted by atomic mass is 35.5. The maximum atomic E-state index is 13.0. The first-order chi connectivity index (χ1) is 11.2. The van der Waals surface area contributed by atoms with Crippen LogP contribution in [0, 0.1) is 0 Å². The summed E-state index contributed by atoms with van der Waals surface area (Å²) >= 11 is 6.35. The minimum absolute atomic E-state index is 0.